The molecule has 184 valence electrons. The number of hydrazone groups is 1. The zero-order valence-electron chi connectivity index (χ0n) is 20.8. The maximum atomic E-state index is 12.5. The van der Waals surface area contributed by atoms with Gasteiger partial charge in [0.2, 0.25) is 0 Å². The fraction of sp³-hybridized carbons (Fsp3) is 0.214. The van der Waals surface area contributed by atoms with Crippen LogP contribution in [-0.4, -0.2) is 39.7 Å². The molecule has 0 bridgehead atoms. The molecule has 0 atom stereocenters. The average molecular weight is 500 g/mol. The molecule has 0 unspecified atom stereocenters. The molecule has 1 heterocycles. The highest BCUT2D eigenvalue weighted by Gasteiger charge is 2.17. The molecule has 4 rings (SSSR count). The van der Waals surface area contributed by atoms with E-state index in [0.29, 0.717) is 16.9 Å². The molecule has 4 aromatic rings. The molecule has 0 saturated carbocycles. The summed E-state index contributed by atoms with van der Waals surface area (Å²) < 4.78 is 7.24. The van der Waals surface area contributed by atoms with Gasteiger partial charge in [-0.25, -0.2) is 5.43 Å². The van der Waals surface area contributed by atoms with Gasteiger partial charge in [0.05, 0.1) is 19.1 Å². The summed E-state index contributed by atoms with van der Waals surface area (Å²) in [7, 11) is 1.63. The molecular weight excluding hydrogens is 470 g/mol. The number of aromatic nitrogens is 3. The molecule has 0 aliphatic rings. The highest BCUT2D eigenvalue weighted by Crippen LogP contribution is 2.29. The van der Waals surface area contributed by atoms with Crippen molar-refractivity contribution in [2.45, 2.75) is 31.8 Å². The average Bonchev–Trinajstić information content (AvgIpc) is 3.32. The van der Waals surface area contributed by atoms with E-state index in [0.717, 1.165) is 28.1 Å². The fourth-order valence-electron chi connectivity index (χ4n) is 3.53. The van der Waals surface area contributed by atoms with Crippen molar-refractivity contribution in [2.75, 3.05) is 12.9 Å². The Morgan fingerprint density at radius 3 is 2.36 bits per heavy atom. The molecule has 0 aliphatic carbocycles. The quantitative estimate of drug-likeness (QED) is 0.184. The number of methoxy groups -OCH3 is 1. The number of hydrogen-bond donors (Lipinski definition) is 1. The molecule has 7 nitrogen and oxygen atoms in total. The number of carbonyl (C=O) groups is 1. The number of carbonyl (C=O) groups excluding carboxylic acids is 1. The SMILES string of the molecule is COc1ccc(-n2c(SCC(=O)N/N=C\c3ccc(C(C)C)cc3)nnc2-c2ccc(C)cc2)cc1. The van der Waals surface area contributed by atoms with Gasteiger partial charge in [0.25, 0.3) is 5.91 Å². The van der Waals surface area contributed by atoms with Gasteiger partial charge in [-0.2, -0.15) is 5.10 Å². The lowest BCUT2D eigenvalue weighted by atomic mass is 10.0. The molecule has 8 heteroatoms. The summed E-state index contributed by atoms with van der Waals surface area (Å²) in [5.41, 5.74) is 7.76. The molecule has 0 saturated heterocycles. The van der Waals surface area contributed by atoms with Gasteiger partial charge in [-0.1, -0.05) is 79.7 Å². The predicted molar refractivity (Wildman–Crippen MR) is 145 cm³/mol. The molecule has 36 heavy (non-hydrogen) atoms. The standard InChI is InChI=1S/C28H29N5O2S/c1-19(2)22-11-7-21(8-12-22)17-29-30-26(34)18-36-28-32-31-27(23-9-5-20(3)6-10-23)33(28)24-13-15-25(35-4)16-14-24/h5-17,19H,18H2,1-4H3,(H,30,34)/b29-17-. The summed E-state index contributed by atoms with van der Waals surface area (Å²) in [5, 5.41) is 13.5. The third-order valence-corrected chi connectivity index (χ3v) is 6.54. The van der Waals surface area contributed by atoms with E-state index in [-0.39, 0.29) is 11.7 Å². The number of thioether (sulfide) groups is 1. The number of hydrogen-bond acceptors (Lipinski definition) is 6. The van der Waals surface area contributed by atoms with E-state index in [1.54, 1.807) is 13.3 Å². The van der Waals surface area contributed by atoms with E-state index in [1.165, 1.54) is 17.3 Å². The van der Waals surface area contributed by atoms with Crippen LogP contribution in [0.2, 0.25) is 0 Å². The van der Waals surface area contributed by atoms with Crippen LogP contribution in [0, 0.1) is 6.92 Å². The maximum absolute atomic E-state index is 12.5. The van der Waals surface area contributed by atoms with Crippen LogP contribution in [-0.2, 0) is 4.79 Å². The van der Waals surface area contributed by atoms with Crippen LogP contribution in [0.15, 0.2) is 83.1 Å². The second kappa shape index (κ2) is 11.7. The molecule has 1 amide bonds. The van der Waals surface area contributed by atoms with Crippen LogP contribution >= 0.6 is 11.8 Å². The van der Waals surface area contributed by atoms with Gasteiger partial charge in [-0.05, 0) is 48.2 Å². The van der Waals surface area contributed by atoms with Crippen molar-refractivity contribution in [3.8, 4) is 22.8 Å². The topological polar surface area (TPSA) is 81.4 Å². The number of aryl methyl sites for hydroxylation is 1. The first kappa shape index (κ1) is 25.2. The van der Waals surface area contributed by atoms with Crippen LogP contribution in [0.1, 0.15) is 36.5 Å². The first-order valence-corrected chi connectivity index (χ1v) is 12.6. The minimum Gasteiger partial charge on any atom is -0.497 e. The van der Waals surface area contributed by atoms with Crippen molar-refractivity contribution in [1.82, 2.24) is 20.2 Å². The summed E-state index contributed by atoms with van der Waals surface area (Å²) in [4.78, 5) is 12.5. The van der Waals surface area contributed by atoms with Crippen molar-refractivity contribution in [2.24, 2.45) is 5.10 Å². The molecule has 0 fully saturated rings. The van der Waals surface area contributed by atoms with E-state index >= 15 is 0 Å². The van der Waals surface area contributed by atoms with Gasteiger partial charge in [-0.3, -0.25) is 9.36 Å². The van der Waals surface area contributed by atoms with Crippen molar-refractivity contribution < 1.29 is 9.53 Å². The smallest absolute Gasteiger partial charge is 0.250 e. The zero-order chi connectivity index (χ0) is 25.5. The zero-order valence-corrected chi connectivity index (χ0v) is 21.6. The Morgan fingerprint density at radius 2 is 1.72 bits per heavy atom. The first-order valence-electron chi connectivity index (χ1n) is 11.7. The van der Waals surface area contributed by atoms with Gasteiger partial charge in [-0.15, -0.1) is 10.2 Å². The molecule has 0 aliphatic heterocycles. The molecule has 1 aromatic heterocycles. The largest absolute Gasteiger partial charge is 0.497 e. The normalized spacial score (nSPS) is 11.2. The van der Waals surface area contributed by atoms with Gasteiger partial charge in [0, 0.05) is 11.3 Å². The van der Waals surface area contributed by atoms with E-state index in [2.05, 4.69) is 46.7 Å². The van der Waals surface area contributed by atoms with Crippen molar-refractivity contribution in [3.05, 3.63) is 89.5 Å². The summed E-state index contributed by atoms with van der Waals surface area (Å²) in [6.07, 6.45) is 1.64. The van der Waals surface area contributed by atoms with Crippen molar-refractivity contribution in [1.29, 1.82) is 0 Å². The lowest BCUT2D eigenvalue weighted by Crippen LogP contribution is -2.20. The molecule has 1 N–H and O–H groups in total. The molecule has 0 spiro atoms. The Morgan fingerprint density at radius 1 is 1.03 bits per heavy atom. The summed E-state index contributed by atoms with van der Waals surface area (Å²) in [5.74, 6) is 1.85. The summed E-state index contributed by atoms with van der Waals surface area (Å²) >= 11 is 1.30. The van der Waals surface area contributed by atoms with Crippen LogP contribution in [0.3, 0.4) is 0 Å². The lowest BCUT2D eigenvalue weighted by Gasteiger charge is -2.11. The van der Waals surface area contributed by atoms with E-state index in [1.807, 2.05) is 72.2 Å². The third-order valence-electron chi connectivity index (χ3n) is 5.61. The monoisotopic (exact) mass is 499 g/mol. The number of benzene rings is 3. The van der Waals surface area contributed by atoms with E-state index in [9.17, 15) is 4.79 Å². The van der Waals surface area contributed by atoms with Gasteiger partial charge < -0.3 is 4.74 Å². The van der Waals surface area contributed by atoms with Crippen LogP contribution in [0.5, 0.6) is 5.75 Å². The van der Waals surface area contributed by atoms with E-state index < -0.39 is 0 Å². The number of rotatable bonds is 9. The van der Waals surface area contributed by atoms with Gasteiger partial charge in [0.15, 0.2) is 11.0 Å². The minimum absolute atomic E-state index is 0.145. The number of ether oxygens (including phenoxy) is 1. The molecule has 0 radical (unpaired) electrons. The van der Waals surface area contributed by atoms with Crippen molar-refractivity contribution >= 4 is 23.9 Å². The summed E-state index contributed by atoms with van der Waals surface area (Å²) in [6.45, 7) is 6.35. The van der Waals surface area contributed by atoms with Crippen LogP contribution < -0.4 is 10.2 Å². The fourth-order valence-corrected chi connectivity index (χ4v) is 4.27. The Labute approximate surface area is 215 Å². The number of amides is 1. The maximum Gasteiger partial charge on any atom is 0.250 e. The van der Waals surface area contributed by atoms with Gasteiger partial charge >= 0.3 is 0 Å². The van der Waals surface area contributed by atoms with Gasteiger partial charge in [0.1, 0.15) is 5.75 Å². The molecular formula is C28H29N5O2S. The minimum atomic E-state index is -0.226. The van der Waals surface area contributed by atoms with Crippen LogP contribution in [0.4, 0.5) is 0 Å². The number of nitrogens with zero attached hydrogens (tertiary/aromatic N) is 4. The Hall–Kier alpha value is -3.91. The lowest BCUT2D eigenvalue weighted by molar-refractivity contribution is -0.118. The Bertz CT molecular complexity index is 1330. The predicted octanol–water partition coefficient (Wildman–Crippen LogP) is 5.62. The molecule has 3 aromatic carbocycles. The second-order valence-electron chi connectivity index (χ2n) is 8.61. The highest BCUT2D eigenvalue weighted by molar-refractivity contribution is 7.99. The first-order chi connectivity index (χ1) is 17.4. The second-order valence-corrected chi connectivity index (χ2v) is 9.55. The third kappa shape index (κ3) is 6.20. The highest BCUT2D eigenvalue weighted by atomic mass is 32.2. The summed E-state index contributed by atoms with van der Waals surface area (Å²) in [6, 6.07) is 23.9. The van der Waals surface area contributed by atoms with Crippen molar-refractivity contribution in [3.63, 3.8) is 0 Å². The van der Waals surface area contributed by atoms with Crippen LogP contribution in [0.25, 0.3) is 17.1 Å². The Kier molecular flexibility index (Phi) is 8.17. The number of nitrogens with one attached hydrogen (secondary N) is 1. The van der Waals surface area contributed by atoms with E-state index in [4.69, 9.17) is 4.74 Å². The Balaban J connectivity index is 1.48.